The summed E-state index contributed by atoms with van der Waals surface area (Å²) >= 11 is 1.39. The molecule has 0 atom stereocenters. The zero-order chi connectivity index (χ0) is 10.7. The van der Waals surface area contributed by atoms with Crippen molar-refractivity contribution in [3.63, 3.8) is 0 Å². The summed E-state index contributed by atoms with van der Waals surface area (Å²) in [6.07, 6.45) is 0. The maximum atomic E-state index is 11.3. The number of nitrogens with one attached hydrogen (secondary N) is 2. The summed E-state index contributed by atoms with van der Waals surface area (Å²) in [5.74, 6) is 0.574. The van der Waals surface area contributed by atoms with Crippen molar-refractivity contribution in [2.75, 3.05) is 18.9 Å². The molecule has 15 heavy (non-hydrogen) atoms. The zero-order valence-electron chi connectivity index (χ0n) is 8.28. The van der Waals surface area contributed by atoms with Crippen molar-refractivity contribution < 1.29 is 4.79 Å². The molecule has 0 saturated carbocycles. The van der Waals surface area contributed by atoms with E-state index in [0.29, 0.717) is 12.4 Å². The third-order valence-electron chi connectivity index (χ3n) is 1.97. The number of rotatable bonds is 3. The molecule has 0 bridgehead atoms. The summed E-state index contributed by atoms with van der Waals surface area (Å²) in [4.78, 5) is 11.3. The monoisotopic (exact) mass is 221 g/mol. The number of fused-ring (bicyclic) bond motifs is 1. The Bertz CT molecular complexity index is 480. The first-order chi connectivity index (χ1) is 7.31. The Morgan fingerprint density at radius 2 is 2.27 bits per heavy atom. The molecule has 0 aliphatic heterocycles. The van der Waals surface area contributed by atoms with Gasteiger partial charge in [-0.05, 0) is 30.7 Å². The minimum absolute atomic E-state index is 0.0754. The summed E-state index contributed by atoms with van der Waals surface area (Å²) in [6.45, 7) is 0.297. The van der Waals surface area contributed by atoms with Crippen LogP contribution in [0.1, 0.15) is 0 Å². The van der Waals surface area contributed by atoms with Crippen LogP contribution in [-0.2, 0) is 4.79 Å². The maximum Gasteiger partial charge on any atom is 0.239 e. The van der Waals surface area contributed by atoms with Gasteiger partial charge in [0.15, 0.2) is 5.82 Å². The number of hydrogen-bond donors (Lipinski definition) is 2. The molecule has 0 spiro atoms. The van der Waals surface area contributed by atoms with E-state index >= 15 is 0 Å². The number of benzene rings is 1. The molecule has 0 unspecified atom stereocenters. The van der Waals surface area contributed by atoms with Crippen LogP contribution < -0.4 is 10.6 Å². The second-order valence-electron chi connectivity index (χ2n) is 3.11. The average molecular weight is 221 g/mol. The van der Waals surface area contributed by atoms with Crippen LogP contribution in [-0.4, -0.2) is 23.9 Å². The van der Waals surface area contributed by atoms with Gasteiger partial charge in [0.25, 0.3) is 0 Å². The van der Waals surface area contributed by atoms with Crippen molar-refractivity contribution in [2.45, 2.75) is 0 Å². The summed E-state index contributed by atoms with van der Waals surface area (Å²) in [5, 5.41) is 6.55. The van der Waals surface area contributed by atoms with Gasteiger partial charge in [-0.2, -0.15) is 4.37 Å². The Labute approximate surface area is 91.5 Å². The lowest BCUT2D eigenvalue weighted by molar-refractivity contribution is -0.115. The number of amides is 1. The molecule has 2 rings (SSSR count). The molecule has 1 heterocycles. The van der Waals surface area contributed by atoms with Crippen LogP contribution in [0.25, 0.3) is 10.1 Å². The number of nitrogens with zero attached hydrogens (tertiary/aromatic N) is 1. The normalized spacial score (nSPS) is 10.5. The first-order valence-corrected chi connectivity index (χ1v) is 5.37. The van der Waals surface area contributed by atoms with Crippen LogP contribution >= 0.6 is 11.5 Å². The minimum Gasteiger partial charge on any atom is -0.311 e. The molecule has 1 amide bonds. The smallest absolute Gasteiger partial charge is 0.239 e. The highest BCUT2D eigenvalue weighted by molar-refractivity contribution is 7.13. The Morgan fingerprint density at radius 1 is 1.47 bits per heavy atom. The largest absolute Gasteiger partial charge is 0.311 e. The van der Waals surface area contributed by atoms with Crippen LogP contribution in [0.4, 0.5) is 5.82 Å². The van der Waals surface area contributed by atoms with Crippen molar-refractivity contribution in [1.29, 1.82) is 0 Å². The summed E-state index contributed by atoms with van der Waals surface area (Å²) in [6, 6.07) is 7.83. The number of carbonyl (C=O) groups is 1. The van der Waals surface area contributed by atoms with E-state index in [1.54, 1.807) is 7.05 Å². The van der Waals surface area contributed by atoms with Gasteiger partial charge >= 0.3 is 0 Å². The van der Waals surface area contributed by atoms with E-state index in [-0.39, 0.29) is 5.91 Å². The second kappa shape index (κ2) is 4.37. The van der Waals surface area contributed by atoms with Crippen molar-refractivity contribution in [2.24, 2.45) is 0 Å². The molecule has 4 nitrogen and oxygen atoms in total. The standard InChI is InChI=1S/C10H11N3OS/c1-11-6-9(14)12-10-7-4-2-3-5-8(7)15-13-10/h2-5,11H,6H2,1H3,(H,12,13,14). The fourth-order valence-corrected chi connectivity index (χ4v) is 2.05. The number of likely N-dealkylation sites (N-methyl/N-ethyl adjacent to an activating group) is 1. The zero-order valence-corrected chi connectivity index (χ0v) is 9.10. The van der Waals surface area contributed by atoms with Gasteiger partial charge in [-0.3, -0.25) is 4.79 Å². The summed E-state index contributed by atoms with van der Waals surface area (Å²) in [5.41, 5.74) is 0. The van der Waals surface area contributed by atoms with E-state index < -0.39 is 0 Å². The van der Waals surface area contributed by atoms with E-state index in [0.717, 1.165) is 10.1 Å². The van der Waals surface area contributed by atoms with E-state index in [4.69, 9.17) is 0 Å². The van der Waals surface area contributed by atoms with Gasteiger partial charge in [0, 0.05) is 5.39 Å². The lowest BCUT2D eigenvalue weighted by Crippen LogP contribution is -2.25. The number of anilines is 1. The van der Waals surface area contributed by atoms with Crippen LogP contribution in [0.3, 0.4) is 0 Å². The Balaban J connectivity index is 2.25. The van der Waals surface area contributed by atoms with Crippen molar-refractivity contribution in [1.82, 2.24) is 9.69 Å². The third kappa shape index (κ3) is 2.14. The molecular weight excluding hydrogens is 210 g/mol. The van der Waals surface area contributed by atoms with Crippen molar-refractivity contribution >= 4 is 33.3 Å². The van der Waals surface area contributed by atoms with Gasteiger partial charge in [0.05, 0.1) is 11.2 Å². The first-order valence-electron chi connectivity index (χ1n) is 4.60. The van der Waals surface area contributed by atoms with Gasteiger partial charge in [-0.1, -0.05) is 12.1 Å². The van der Waals surface area contributed by atoms with E-state index in [1.165, 1.54) is 11.5 Å². The van der Waals surface area contributed by atoms with Crippen molar-refractivity contribution in [3.8, 4) is 0 Å². The molecule has 0 fully saturated rings. The molecule has 1 aromatic heterocycles. The van der Waals surface area contributed by atoms with Crippen molar-refractivity contribution in [3.05, 3.63) is 24.3 Å². The van der Waals surface area contributed by atoms with Gasteiger partial charge in [-0.25, -0.2) is 0 Å². The maximum absolute atomic E-state index is 11.3. The quantitative estimate of drug-likeness (QED) is 0.825. The Hall–Kier alpha value is -1.46. The summed E-state index contributed by atoms with van der Waals surface area (Å²) in [7, 11) is 1.73. The average Bonchev–Trinajstić information content (AvgIpc) is 2.62. The summed E-state index contributed by atoms with van der Waals surface area (Å²) < 4.78 is 5.28. The number of hydrogen-bond acceptors (Lipinski definition) is 4. The number of aromatic nitrogens is 1. The second-order valence-corrected chi connectivity index (χ2v) is 3.91. The fourth-order valence-electron chi connectivity index (χ4n) is 1.31. The molecule has 0 aliphatic rings. The number of carbonyl (C=O) groups excluding carboxylic acids is 1. The first kappa shape index (κ1) is 10.1. The molecule has 2 N–H and O–H groups in total. The molecule has 1 aromatic carbocycles. The highest BCUT2D eigenvalue weighted by atomic mass is 32.1. The molecule has 78 valence electrons. The Morgan fingerprint density at radius 3 is 3.07 bits per heavy atom. The molecule has 2 aromatic rings. The van der Waals surface area contributed by atoms with Crippen LogP contribution in [0.2, 0.25) is 0 Å². The molecule has 0 saturated heterocycles. The van der Waals surface area contributed by atoms with E-state index in [9.17, 15) is 4.79 Å². The van der Waals surface area contributed by atoms with Gasteiger partial charge in [0.2, 0.25) is 5.91 Å². The highest BCUT2D eigenvalue weighted by Gasteiger charge is 2.07. The lowest BCUT2D eigenvalue weighted by atomic mass is 10.2. The molecule has 0 aliphatic carbocycles. The van der Waals surface area contributed by atoms with Crippen LogP contribution in [0.15, 0.2) is 24.3 Å². The Kier molecular flexibility index (Phi) is 2.94. The predicted molar refractivity (Wildman–Crippen MR) is 62.2 cm³/mol. The highest BCUT2D eigenvalue weighted by Crippen LogP contribution is 2.25. The molecule has 0 radical (unpaired) electrons. The van der Waals surface area contributed by atoms with Gasteiger partial charge < -0.3 is 10.6 Å². The fraction of sp³-hybridized carbons (Fsp3) is 0.200. The third-order valence-corrected chi connectivity index (χ3v) is 2.80. The molecular formula is C10H11N3OS. The lowest BCUT2D eigenvalue weighted by Gasteiger charge is -2.00. The van der Waals surface area contributed by atoms with E-state index in [2.05, 4.69) is 15.0 Å². The van der Waals surface area contributed by atoms with Crippen LogP contribution in [0.5, 0.6) is 0 Å². The van der Waals surface area contributed by atoms with E-state index in [1.807, 2.05) is 24.3 Å². The topological polar surface area (TPSA) is 54.0 Å². The molecule has 5 heteroatoms. The van der Waals surface area contributed by atoms with Crippen LogP contribution in [0, 0.1) is 0 Å². The predicted octanol–water partition coefficient (Wildman–Crippen LogP) is 1.45. The van der Waals surface area contributed by atoms with Gasteiger partial charge in [-0.15, -0.1) is 0 Å². The SMILES string of the molecule is CNCC(=O)Nc1nsc2ccccc12. The minimum atomic E-state index is -0.0754. The van der Waals surface area contributed by atoms with Gasteiger partial charge in [0.1, 0.15) is 0 Å².